The average Bonchev–Trinajstić information content (AvgIpc) is 2.42. The Labute approximate surface area is 113 Å². The Balaban J connectivity index is 1.85. The van der Waals surface area contributed by atoms with Crippen LogP contribution in [0.2, 0.25) is 0 Å². The van der Waals surface area contributed by atoms with Crippen molar-refractivity contribution in [1.29, 1.82) is 0 Å². The SMILES string of the molecule is CCC1CCC(CN)(OC2CCC(C)CC2)CC1. The van der Waals surface area contributed by atoms with E-state index in [2.05, 4.69) is 13.8 Å². The van der Waals surface area contributed by atoms with Gasteiger partial charge in [0.1, 0.15) is 0 Å². The first-order chi connectivity index (χ1) is 8.67. The maximum absolute atomic E-state index is 6.49. The van der Waals surface area contributed by atoms with Crippen LogP contribution in [0.4, 0.5) is 0 Å². The van der Waals surface area contributed by atoms with E-state index in [4.69, 9.17) is 10.5 Å². The van der Waals surface area contributed by atoms with Crippen molar-refractivity contribution in [3.63, 3.8) is 0 Å². The molecule has 18 heavy (non-hydrogen) atoms. The van der Waals surface area contributed by atoms with Crippen LogP contribution in [-0.4, -0.2) is 18.2 Å². The van der Waals surface area contributed by atoms with Crippen molar-refractivity contribution in [2.45, 2.75) is 83.3 Å². The van der Waals surface area contributed by atoms with E-state index in [1.807, 2.05) is 0 Å². The Morgan fingerprint density at radius 2 is 1.67 bits per heavy atom. The third-order valence-corrected chi connectivity index (χ3v) is 5.35. The highest BCUT2D eigenvalue weighted by Crippen LogP contribution is 2.38. The second kappa shape index (κ2) is 6.38. The molecule has 2 aliphatic rings. The van der Waals surface area contributed by atoms with Gasteiger partial charge in [-0.05, 0) is 63.2 Å². The summed E-state index contributed by atoms with van der Waals surface area (Å²) in [4.78, 5) is 0. The number of rotatable bonds is 4. The predicted molar refractivity (Wildman–Crippen MR) is 76.5 cm³/mol. The van der Waals surface area contributed by atoms with Gasteiger partial charge in [0.15, 0.2) is 0 Å². The molecule has 0 atom stereocenters. The third-order valence-electron chi connectivity index (χ3n) is 5.35. The van der Waals surface area contributed by atoms with Crippen molar-refractivity contribution < 1.29 is 4.74 Å². The first-order valence-electron chi connectivity index (χ1n) is 8.05. The van der Waals surface area contributed by atoms with Gasteiger partial charge in [0.25, 0.3) is 0 Å². The van der Waals surface area contributed by atoms with Gasteiger partial charge >= 0.3 is 0 Å². The van der Waals surface area contributed by atoms with Crippen LogP contribution in [0.5, 0.6) is 0 Å². The molecule has 0 saturated heterocycles. The van der Waals surface area contributed by atoms with E-state index in [-0.39, 0.29) is 5.60 Å². The van der Waals surface area contributed by atoms with Crippen LogP contribution in [0.25, 0.3) is 0 Å². The standard InChI is InChI=1S/C16H31NO/c1-3-14-8-10-16(12-17,11-9-14)18-15-6-4-13(2)5-7-15/h13-15H,3-12,17H2,1-2H3. The quantitative estimate of drug-likeness (QED) is 0.825. The van der Waals surface area contributed by atoms with Crippen molar-refractivity contribution in [2.24, 2.45) is 17.6 Å². The van der Waals surface area contributed by atoms with Crippen molar-refractivity contribution in [1.82, 2.24) is 0 Å². The topological polar surface area (TPSA) is 35.2 Å². The first-order valence-corrected chi connectivity index (χ1v) is 8.05. The van der Waals surface area contributed by atoms with Crippen molar-refractivity contribution >= 4 is 0 Å². The number of hydrogen-bond donors (Lipinski definition) is 1. The number of ether oxygens (including phenoxy) is 1. The molecule has 2 heteroatoms. The zero-order valence-electron chi connectivity index (χ0n) is 12.3. The van der Waals surface area contributed by atoms with E-state index in [0.717, 1.165) is 18.4 Å². The van der Waals surface area contributed by atoms with Crippen LogP contribution in [0, 0.1) is 11.8 Å². The molecule has 2 fully saturated rings. The molecule has 106 valence electrons. The minimum Gasteiger partial charge on any atom is -0.370 e. The van der Waals surface area contributed by atoms with Gasteiger partial charge in [0.05, 0.1) is 11.7 Å². The molecule has 2 saturated carbocycles. The fourth-order valence-corrected chi connectivity index (χ4v) is 3.68. The molecule has 0 unspecified atom stereocenters. The van der Waals surface area contributed by atoms with Crippen LogP contribution < -0.4 is 5.73 Å². The molecule has 0 amide bonds. The second-order valence-corrected chi connectivity index (χ2v) is 6.74. The predicted octanol–water partition coefficient (Wildman–Crippen LogP) is 3.88. The highest BCUT2D eigenvalue weighted by atomic mass is 16.5. The van der Waals surface area contributed by atoms with Crippen LogP contribution >= 0.6 is 0 Å². The third kappa shape index (κ3) is 3.48. The Morgan fingerprint density at radius 1 is 1.06 bits per heavy atom. The molecule has 0 aliphatic heterocycles. The lowest BCUT2D eigenvalue weighted by molar-refractivity contribution is -0.126. The molecule has 0 heterocycles. The summed E-state index contributed by atoms with van der Waals surface area (Å²) in [5.74, 6) is 1.81. The summed E-state index contributed by atoms with van der Waals surface area (Å²) in [6.07, 6.45) is 12.0. The molecule has 0 bridgehead atoms. The van der Waals surface area contributed by atoms with E-state index < -0.39 is 0 Å². The highest BCUT2D eigenvalue weighted by molar-refractivity contribution is 4.89. The maximum atomic E-state index is 6.49. The molecule has 0 spiro atoms. The Bertz CT molecular complexity index is 237. The van der Waals surface area contributed by atoms with E-state index in [1.54, 1.807) is 0 Å². The lowest BCUT2D eigenvalue weighted by atomic mass is 9.77. The fraction of sp³-hybridized carbons (Fsp3) is 1.00. The van der Waals surface area contributed by atoms with Crippen molar-refractivity contribution in [3.05, 3.63) is 0 Å². The molecular weight excluding hydrogens is 222 g/mol. The average molecular weight is 253 g/mol. The molecule has 2 nitrogen and oxygen atoms in total. The van der Waals surface area contributed by atoms with Gasteiger partial charge in [-0.15, -0.1) is 0 Å². The summed E-state index contributed by atoms with van der Waals surface area (Å²) in [6.45, 7) is 5.39. The van der Waals surface area contributed by atoms with Crippen LogP contribution in [-0.2, 0) is 4.74 Å². The van der Waals surface area contributed by atoms with Gasteiger partial charge in [-0.3, -0.25) is 0 Å². The van der Waals surface area contributed by atoms with Crippen molar-refractivity contribution in [3.8, 4) is 0 Å². The smallest absolute Gasteiger partial charge is 0.0808 e. The Morgan fingerprint density at radius 3 is 2.17 bits per heavy atom. The normalized spacial score (nSPS) is 41.8. The molecular formula is C16H31NO. The maximum Gasteiger partial charge on any atom is 0.0808 e. The summed E-state index contributed by atoms with van der Waals surface area (Å²) >= 11 is 0. The number of nitrogens with two attached hydrogens (primary N) is 1. The van der Waals surface area contributed by atoms with E-state index in [9.17, 15) is 0 Å². The zero-order chi connectivity index (χ0) is 13.0. The summed E-state index contributed by atoms with van der Waals surface area (Å²) in [5, 5.41) is 0. The van der Waals surface area contributed by atoms with Crippen LogP contribution in [0.3, 0.4) is 0 Å². The summed E-state index contributed by atoms with van der Waals surface area (Å²) in [7, 11) is 0. The van der Waals surface area contributed by atoms with E-state index >= 15 is 0 Å². The van der Waals surface area contributed by atoms with E-state index in [0.29, 0.717) is 6.10 Å². The molecule has 2 rings (SSSR count). The Kier molecular flexibility index (Phi) is 5.08. The first kappa shape index (κ1) is 14.3. The summed E-state index contributed by atoms with van der Waals surface area (Å²) in [6, 6.07) is 0. The zero-order valence-corrected chi connectivity index (χ0v) is 12.3. The minimum atomic E-state index is 0.0247. The molecule has 2 aliphatic carbocycles. The molecule has 0 aromatic carbocycles. The van der Waals surface area contributed by atoms with Crippen LogP contribution in [0.1, 0.15) is 71.6 Å². The van der Waals surface area contributed by atoms with Gasteiger partial charge in [-0.2, -0.15) is 0 Å². The molecule has 0 radical (unpaired) electrons. The molecule has 2 N–H and O–H groups in total. The number of hydrogen-bond acceptors (Lipinski definition) is 2. The van der Waals surface area contributed by atoms with Crippen LogP contribution in [0.15, 0.2) is 0 Å². The van der Waals surface area contributed by atoms with Gasteiger partial charge in [-0.25, -0.2) is 0 Å². The largest absolute Gasteiger partial charge is 0.370 e. The van der Waals surface area contributed by atoms with Gasteiger partial charge in [0.2, 0.25) is 0 Å². The summed E-state index contributed by atoms with van der Waals surface area (Å²) in [5.41, 5.74) is 6.07. The van der Waals surface area contributed by atoms with E-state index in [1.165, 1.54) is 57.8 Å². The van der Waals surface area contributed by atoms with Gasteiger partial charge < -0.3 is 10.5 Å². The fourth-order valence-electron chi connectivity index (χ4n) is 3.68. The second-order valence-electron chi connectivity index (χ2n) is 6.74. The lowest BCUT2D eigenvalue weighted by Crippen LogP contribution is -2.47. The molecule has 0 aromatic rings. The Hall–Kier alpha value is -0.0800. The van der Waals surface area contributed by atoms with Gasteiger partial charge in [-0.1, -0.05) is 20.3 Å². The summed E-state index contributed by atoms with van der Waals surface area (Å²) < 4.78 is 6.49. The minimum absolute atomic E-state index is 0.0247. The van der Waals surface area contributed by atoms with Gasteiger partial charge in [0, 0.05) is 6.54 Å². The lowest BCUT2D eigenvalue weighted by Gasteiger charge is -2.43. The van der Waals surface area contributed by atoms with Crippen molar-refractivity contribution in [2.75, 3.05) is 6.54 Å². The highest BCUT2D eigenvalue weighted by Gasteiger charge is 2.37. The molecule has 0 aromatic heterocycles. The monoisotopic (exact) mass is 253 g/mol.